The van der Waals surface area contributed by atoms with Gasteiger partial charge in [0.1, 0.15) is 5.60 Å². The molecule has 0 spiro atoms. The van der Waals surface area contributed by atoms with Crippen LogP contribution in [0.4, 0.5) is 0 Å². The number of hydrogen-bond donors (Lipinski definition) is 2. The van der Waals surface area contributed by atoms with Crippen LogP contribution in [0, 0.1) is 25.7 Å². The predicted octanol–water partition coefficient (Wildman–Crippen LogP) is 6.08. The topological polar surface area (TPSA) is 57.5 Å². The number of benzene rings is 2. The molecule has 0 unspecified atom stereocenters. The molecule has 1 fully saturated rings. The molecule has 3 rings (SSSR count). The van der Waals surface area contributed by atoms with E-state index in [1.54, 1.807) is 0 Å². The Morgan fingerprint density at radius 3 is 2.12 bits per heavy atom. The maximum Gasteiger partial charge on any atom is 0.303 e. The Kier molecular flexibility index (Phi) is 7.47. The molecule has 1 aliphatic rings. The highest BCUT2D eigenvalue weighted by Crippen LogP contribution is 2.40. The molecule has 0 atom stereocenters. The first-order chi connectivity index (χ1) is 15.2. The monoisotopic (exact) mass is 432 g/mol. The van der Waals surface area contributed by atoms with Gasteiger partial charge in [-0.3, -0.25) is 4.79 Å². The van der Waals surface area contributed by atoms with Gasteiger partial charge in [0.15, 0.2) is 0 Å². The number of hydrogen-bond acceptors (Lipinski definition) is 2. The summed E-state index contributed by atoms with van der Waals surface area (Å²) < 4.78 is 0. The van der Waals surface area contributed by atoms with Crippen molar-refractivity contribution in [2.45, 2.75) is 90.1 Å². The van der Waals surface area contributed by atoms with Crippen molar-refractivity contribution < 1.29 is 15.0 Å². The average Bonchev–Trinajstić information content (AvgIpc) is 3.20. The summed E-state index contributed by atoms with van der Waals surface area (Å²) in [6.07, 6.45) is 6.31. The highest BCUT2D eigenvalue weighted by Gasteiger charge is 2.32. The summed E-state index contributed by atoms with van der Waals surface area (Å²) in [5, 5.41) is 19.6. The summed E-state index contributed by atoms with van der Waals surface area (Å²) in [7, 11) is 0. The number of aryl methyl sites for hydroxylation is 3. The fraction of sp³-hybridized carbons (Fsp3) is 0.483. The van der Waals surface area contributed by atoms with Crippen molar-refractivity contribution in [3.05, 3.63) is 69.8 Å². The third-order valence-electron chi connectivity index (χ3n) is 7.35. The lowest BCUT2D eigenvalue weighted by Crippen LogP contribution is -2.26. The van der Waals surface area contributed by atoms with Crippen LogP contribution < -0.4 is 0 Å². The first-order valence-electron chi connectivity index (χ1n) is 11.9. The Bertz CT molecular complexity index is 1030. The third-order valence-corrected chi connectivity index (χ3v) is 7.35. The summed E-state index contributed by atoms with van der Waals surface area (Å²) in [4.78, 5) is 11.0. The zero-order chi connectivity index (χ0) is 23.4. The summed E-state index contributed by atoms with van der Waals surface area (Å²) in [6.45, 7) is 8.64. The molecule has 1 saturated carbocycles. The van der Waals surface area contributed by atoms with Crippen molar-refractivity contribution in [3.63, 3.8) is 0 Å². The molecule has 2 N–H and O–H groups in total. The van der Waals surface area contributed by atoms with Crippen LogP contribution in [0.25, 0.3) is 0 Å². The van der Waals surface area contributed by atoms with Crippen molar-refractivity contribution >= 4 is 5.97 Å². The van der Waals surface area contributed by atoms with Gasteiger partial charge in [0.05, 0.1) is 0 Å². The van der Waals surface area contributed by atoms with E-state index in [1.807, 2.05) is 0 Å². The Morgan fingerprint density at radius 2 is 1.59 bits per heavy atom. The summed E-state index contributed by atoms with van der Waals surface area (Å²) >= 11 is 0. The van der Waals surface area contributed by atoms with Crippen LogP contribution in [-0.4, -0.2) is 21.8 Å². The zero-order valence-corrected chi connectivity index (χ0v) is 19.9. The Hall–Kier alpha value is -2.57. The van der Waals surface area contributed by atoms with Crippen molar-refractivity contribution in [1.82, 2.24) is 0 Å². The largest absolute Gasteiger partial charge is 0.481 e. The number of carboxylic acids is 1. The number of carboxylic acid groups (broad SMARTS) is 1. The molecular weight excluding hydrogens is 396 g/mol. The van der Waals surface area contributed by atoms with Gasteiger partial charge in [-0.05, 0) is 92.7 Å². The van der Waals surface area contributed by atoms with Gasteiger partial charge in [0.2, 0.25) is 0 Å². The summed E-state index contributed by atoms with van der Waals surface area (Å²) in [5.74, 6) is 5.61. The van der Waals surface area contributed by atoms with Crippen molar-refractivity contribution in [1.29, 1.82) is 0 Å². The second-order valence-corrected chi connectivity index (χ2v) is 9.34. The van der Waals surface area contributed by atoms with E-state index in [0.29, 0.717) is 6.42 Å². The van der Waals surface area contributed by atoms with Crippen LogP contribution in [0.2, 0.25) is 0 Å². The van der Waals surface area contributed by atoms with Crippen LogP contribution in [-0.2, 0) is 16.6 Å². The van der Waals surface area contributed by atoms with Crippen molar-refractivity contribution in [3.8, 4) is 11.8 Å². The van der Waals surface area contributed by atoms with E-state index in [9.17, 15) is 9.90 Å². The molecule has 0 amide bonds. The Balaban J connectivity index is 1.94. The van der Waals surface area contributed by atoms with Gasteiger partial charge in [-0.2, -0.15) is 0 Å². The quantitative estimate of drug-likeness (QED) is 0.521. The number of rotatable bonds is 7. The van der Waals surface area contributed by atoms with Gasteiger partial charge >= 0.3 is 5.97 Å². The maximum atomic E-state index is 11.0. The van der Waals surface area contributed by atoms with E-state index in [0.717, 1.165) is 60.8 Å². The van der Waals surface area contributed by atoms with Crippen molar-refractivity contribution in [2.75, 3.05) is 0 Å². The molecular formula is C29H36O3. The van der Waals surface area contributed by atoms with E-state index >= 15 is 0 Å². The minimum absolute atomic E-state index is 0.101. The zero-order valence-electron chi connectivity index (χ0n) is 19.9. The SMILES string of the molecule is CCC(CC)(c1ccc(C#CC2(O)CCCC2)c(C)c1)c1ccc(CCC(=O)O)c(C)c1. The van der Waals surface area contributed by atoms with Crippen LogP contribution in [0.15, 0.2) is 36.4 Å². The first-order valence-corrected chi connectivity index (χ1v) is 11.9. The molecule has 2 aromatic carbocycles. The second-order valence-electron chi connectivity index (χ2n) is 9.34. The molecule has 0 radical (unpaired) electrons. The van der Waals surface area contributed by atoms with Gasteiger partial charge in [-0.1, -0.05) is 56.0 Å². The number of carbonyl (C=O) groups is 1. The second kappa shape index (κ2) is 9.92. The molecule has 3 nitrogen and oxygen atoms in total. The van der Waals surface area contributed by atoms with Gasteiger partial charge in [0, 0.05) is 17.4 Å². The normalized spacial score (nSPS) is 15.3. The molecule has 32 heavy (non-hydrogen) atoms. The van der Waals surface area contributed by atoms with E-state index in [1.165, 1.54) is 11.1 Å². The highest BCUT2D eigenvalue weighted by molar-refractivity contribution is 5.67. The van der Waals surface area contributed by atoms with Crippen LogP contribution in [0.1, 0.15) is 92.2 Å². The minimum Gasteiger partial charge on any atom is -0.481 e. The molecule has 1 aliphatic carbocycles. The van der Waals surface area contributed by atoms with E-state index in [2.05, 4.69) is 75.9 Å². The molecule has 0 bridgehead atoms. The van der Waals surface area contributed by atoms with Gasteiger partial charge < -0.3 is 10.2 Å². The molecule has 0 heterocycles. The van der Waals surface area contributed by atoms with E-state index < -0.39 is 11.6 Å². The van der Waals surface area contributed by atoms with Gasteiger partial charge in [0.25, 0.3) is 0 Å². The molecule has 0 aromatic heterocycles. The molecule has 170 valence electrons. The lowest BCUT2D eigenvalue weighted by molar-refractivity contribution is -0.136. The van der Waals surface area contributed by atoms with Crippen LogP contribution in [0.5, 0.6) is 0 Å². The predicted molar refractivity (Wildman–Crippen MR) is 130 cm³/mol. The fourth-order valence-corrected chi connectivity index (χ4v) is 5.12. The number of aliphatic hydroxyl groups is 1. The molecule has 3 heteroatoms. The van der Waals surface area contributed by atoms with Gasteiger partial charge in [-0.15, -0.1) is 0 Å². The van der Waals surface area contributed by atoms with Crippen LogP contribution in [0.3, 0.4) is 0 Å². The molecule has 0 saturated heterocycles. The first kappa shape index (κ1) is 24.1. The Labute approximate surface area is 192 Å². The molecule has 2 aromatic rings. The standard InChI is InChI=1S/C29H36O3/c1-5-29(6-2,25-12-9-23(21(3)19-25)11-14-27(30)31)26-13-10-24(22(4)20-26)15-18-28(32)16-7-8-17-28/h9-10,12-13,19-20,32H,5-8,11,14,16-17H2,1-4H3,(H,30,31). The maximum absolute atomic E-state index is 11.0. The number of aliphatic carboxylic acids is 1. The average molecular weight is 433 g/mol. The summed E-state index contributed by atoms with van der Waals surface area (Å²) in [6, 6.07) is 13.1. The summed E-state index contributed by atoms with van der Waals surface area (Å²) in [5.41, 5.74) is 6.01. The fourth-order valence-electron chi connectivity index (χ4n) is 5.12. The minimum atomic E-state index is -0.818. The lowest BCUT2D eigenvalue weighted by Gasteiger charge is -2.34. The smallest absolute Gasteiger partial charge is 0.303 e. The molecule has 0 aliphatic heterocycles. The highest BCUT2D eigenvalue weighted by atomic mass is 16.4. The van der Waals surface area contributed by atoms with E-state index in [-0.39, 0.29) is 11.8 Å². The van der Waals surface area contributed by atoms with Gasteiger partial charge in [-0.25, -0.2) is 0 Å². The Morgan fingerprint density at radius 1 is 1.00 bits per heavy atom. The lowest BCUT2D eigenvalue weighted by atomic mass is 9.69. The third kappa shape index (κ3) is 5.08. The van der Waals surface area contributed by atoms with E-state index in [4.69, 9.17) is 5.11 Å². The van der Waals surface area contributed by atoms with Crippen molar-refractivity contribution in [2.24, 2.45) is 0 Å². The van der Waals surface area contributed by atoms with Crippen LogP contribution >= 0.6 is 0 Å².